The monoisotopic (exact) mass is 263 g/mol. The molecular weight excluding hydrogens is 234 g/mol. The van der Waals surface area contributed by atoms with Crippen molar-refractivity contribution < 1.29 is 5.11 Å². The Balaban J connectivity index is 2.87. The summed E-state index contributed by atoms with van der Waals surface area (Å²) in [5.41, 5.74) is 1.56. The van der Waals surface area contributed by atoms with Gasteiger partial charge in [0.05, 0.1) is 6.61 Å². The average Bonchev–Trinajstić information content (AvgIpc) is 2.33. The average molecular weight is 263 g/mol. The number of benzene rings is 1. The molecule has 0 spiro atoms. The van der Waals surface area contributed by atoms with E-state index >= 15 is 0 Å². The quantitative estimate of drug-likeness (QED) is 0.819. The third-order valence-electron chi connectivity index (χ3n) is 3.44. The highest BCUT2D eigenvalue weighted by atomic mass is 16.3. The molecule has 0 fully saturated rings. The van der Waals surface area contributed by atoms with E-state index in [1.165, 1.54) is 5.56 Å². The van der Waals surface area contributed by atoms with Gasteiger partial charge in [-0.1, -0.05) is 65.0 Å². The van der Waals surface area contributed by atoms with E-state index in [4.69, 9.17) is 0 Å². The van der Waals surface area contributed by atoms with E-state index in [1.54, 1.807) is 0 Å². The van der Waals surface area contributed by atoms with E-state index in [9.17, 15) is 5.11 Å². The van der Waals surface area contributed by atoms with Crippen molar-refractivity contribution in [2.75, 3.05) is 6.61 Å². The van der Waals surface area contributed by atoms with E-state index in [2.05, 4.69) is 64.2 Å². The summed E-state index contributed by atoms with van der Waals surface area (Å²) in [6.45, 7) is 11.3. The van der Waals surface area contributed by atoms with Crippen molar-refractivity contribution in [2.24, 2.45) is 11.3 Å². The van der Waals surface area contributed by atoms with Crippen LogP contribution in [0.4, 0.5) is 0 Å². The SMILES string of the molecule is CC(C)C(CO)NC(CC(C)(C)C)c1ccccc1. The van der Waals surface area contributed by atoms with Gasteiger partial charge in [0.25, 0.3) is 0 Å². The van der Waals surface area contributed by atoms with Crippen LogP contribution in [0.1, 0.15) is 52.6 Å². The second-order valence-electron chi connectivity index (χ2n) is 6.93. The van der Waals surface area contributed by atoms with Crippen molar-refractivity contribution in [1.82, 2.24) is 5.32 Å². The van der Waals surface area contributed by atoms with E-state index < -0.39 is 0 Å². The van der Waals surface area contributed by atoms with Crippen molar-refractivity contribution in [3.05, 3.63) is 35.9 Å². The maximum absolute atomic E-state index is 9.53. The van der Waals surface area contributed by atoms with Crippen molar-refractivity contribution in [2.45, 2.75) is 53.1 Å². The van der Waals surface area contributed by atoms with Gasteiger partial charge in [-0.2, -0.15) is 0 Å². The minimum absolute atomic E-state index is 0.146. The molecule has 1 rings (SSSR count). The summed E-state index contributed by atoms with van der Waals surface area (Å²) >= 11 is 0. The smallest absolute Gasteiger partial charge is 0.0587 e. The minimum Gasteiger partial charge on any atom is -0.395 e. The molecule has 19 heavy (non-hydrogen) atoms. The summed E-state index contributed by atoms with van der Waals surface area (Å²) in [5, 5.41) is 13.2. The van der Waals surface area contributed by atoms with Crippen molar-refractivity contribution >= 4 is 0 Å². The van der Waals surface area contributed by atoms with Gasteiger partial charge in [-0.15, -0.1) is 0 Å². The molecule has 1 aromatic carbocycles. The first-order chi connectivity index (χ1) is 8.83. The molecule has 2 atom stereocenters. The van der Waals surface area contributed by atoms with Crippen molar-refractivity contribution in [1.29, 1.82) is 0 Å². The summed E-state index contributed by atoms with van der Waals surface area (Å²) < 4.78 is 0. The van der Waals surface area contributed by atoms with Gasteiger partial charge in [-0.3, -0.25) is 0 Å². The van der Waals surface area contributed by atoms with Crippen LogP contribution in [0, 0.1) is 11.3 Å². The van der Waals surface area contributed by atoms with Crippen LogP contribution in [0.3, 0.4) is 0 Å². The van der Waals surface area contributed by atoms with Crippen molar-refractivity contribution in [3.8, 4) is 0 Å². The lowest BCUT2D eigenvalue weighted by Crippen LogP contribution is -2.40. The Hall–Kier alpha value is -0.860. The lowest BCUT2D eigenvalue weighted by molar-refractivity contribution is 0.184. The van der Waals surface area contributed by atoms with Gasteiger partial charge in [0, 0.05) is 12.1 Å². The number of nitrogens with one attached hydrogen (secondary N) is 1. The highest BCUT2D eigenvalue weighted by Crippen LogP contribution is 2.30. The highest BCUT2D eigenvalue weighted by Gasteiger charge is 2.23. The lowest BCUT2D eigenvalue weighted by Gasteiger charge is -2.32. The molecule has 2 unspecified atom stereocenters. The van der Waals surface area contributed by atoms with E-state index in [-0.39, 0.29) is 18.1 Å². The third-order valence-corrected chi connectivity index (χ3v) is 3.44. The van der Waals surface area contributed by atoms with E-state index in [1.807, 2.05) is 6.07 Å². The lowest BCUT2D eigenvalue weighted by atomic mass is 9.84. The molecule has 0 saturated heterocycles. The van der Waals surface area contributed by atoms with Crippen LogP contribution >= 0.6 is 0 Å². The Morgan fingerprint density at radius 2 is 1.68 bits per heavy atom. The Labute approximate surface area is 118 Å². The molecule has 2 nitrogen and oxygen atoms in total. The maximum atomic E-state index is 9.53. The number of hydrogen-bond donors (Lipinski definition) is 2. The fourth-order valence-electron chi connectivity index (χ4n) is 2.29. The summed E-state index contributed by atoms with van der Waals surface area (Å²) in [4.78, 5) is 0. The van der Waals surface area contributed by atoms with Crippen LogP contribution < -0.4 is 5.32 Å². The second-order valence-corrected chi connectivity index (χ2v) is 6.93. The fourth-order valence-corrected chi connectivity index (χ4v) is 2.29. The van der Waals surface area contributed by atoms with Gasteiger partial charge >= 0.3 is 0 Å². The molecule has 1 aromatic rings. The molecule has 0 aromatic heterocycles. The number of hydrogen-bond acceptors (Lipinski definition) is 2. The molecule has 0 bridgehead atoms. The van der Waals surface area contributed by atoms with E-state index in [0.717, 1.165) is 6.42 Å². The predicted molar refractivity (Wildman–Crippen MR) is 82.1 cm³/mol. The van der Waals surface area contributed by atoms with Crippen LogP contribution in [-0.4, -0.2) is 17.8 Å². The van der Waals surface area contributed by atoms with Gasteiger partial charge in [0.2, 0.25) is 0 Å². The number of rotatable bonds is 6. The number of aliphatic hydroxyl groups excluding tert-OH is 1. The van der Waals surface area contributed by atoms with Gasteiger partial charge in [0.15, 0.2) is 0 Å². The Morgan fingerprint density at radius 1 is 1.11 bits per heavy atom. The zero-order valence-corrected chi connectivity index (χ0v) is 13.0. The second kappa shape index (κ2) is 7.06. The summed E-state index contributed by atoms with van der Waals surface area (Å²) in [6, 6.07) is 11.0. The van der Waals surface area contributed by atoms with E-state index in [0.29, 0.717) is 12.0 Å². The highest BCUT2D eigenvalue weighted by molar-refractivity contribution is 5.19. The molecule has 0 aliphatic carbocycles. The van der Waals surface area contributed by atoms with Gasteiger partial charge in [-0.25, -0.2) is 0 Å². The van der Waals surface area contributed by atoms with Gasteiger partial charge in [0.1, 0.15) is 0 Å². The number of aliphatic hydroxyl groups is 1. The fraction of sp³-hybridized carbons (Fsp3) is 0.647. The van der Waals surface area contributed by atoms with Gasteiger partial charge in [-0.05, 0) is 23.3 Å². The largest absolute Gasteiger partial charge is 0.395 e. The maximum Gasteiger partial charge on any atom is 0.0587 e. The first-order valence-electron chi connectivity index (χ1n) is 7.25. The van der Waals surface area contributed by atoms with Crippen molar-refractivity contribution in [3.63, 3.8) is 0 Å². The molecular formula is C17H29NO. The minimum atomic E-state index is 0.146. The molecule has 0 heterocycles. The van der Waals surface area contributed by atoms with Crippen LogP contribution in [0.15, 0.2) is 30.3 Å². The first-order valence-corrected chi connectivity index (χ1v) is 7.25. The molecule has 0 radical (unpaired) electrons. The zero-order chi connectivity index (χ0) is 14.5. The molecule has 0 aliphatic heterocycles. The van der Waals surface area contributed by atoms with Crippen LogP contribution in [0.25, 0.3) is 0 Å². The molecule has 2 heteroatoms. The molecule has 108 valence electrons. The van der Waals surface area contributed by atoms with Crippen LogP contribution in [-0.2, 0) is 0 Å². The Morgan fingerprint density at radius 3 is 2.11 bits per heavy atom. The predicted octanol–water partition coefficient (Wildman–Crippen LogP) is 3.77. The zero-order valence-electron chi connectivity index (χ0n) is 13.0. The summed E-state index contributed by atoms with van der Waals surface area (Å²) in [6.07, 6.45) is 1.06. The molecule has 0 amide bonds. The van der Waals surface area contributed by atoms with Gasteiger partial charge < -0.3 is 10.4 Å². The summed E-state index contributed by atoms with van der Waals surface area (Å²) in [5.74, 6) is 0.427. The Bertz CT molecular complexity index is 353. The molecule has 2 N–H and O–H groups in total. The topological polar surface area (TPSA) is 32.3 Å². The third kappa shape index (κ3) is 5.75. The standard InChI is InChI=1S/C17H29NO/c1-13(2)16(12-19)18-15(11-17(3,4)5)14-9-7-6-8-10-14/h6-10,13,15-16,18-19H,11-12H2,1-5H3. The molecule has 0 aliphatic rings. The summed E-state index contributed by atoms with van der Waals surface area (Å²) in [7, 11) is 0. The Kier molecular flexibility index (Phi) is 6.02. The molecule has 0 saturated carbocycles. The van der Waals surface area contributed by atoms with Crippen LogP contribution in [0.2, 0.25) is 0 Å². The first kappa shape index (κ1) is 16.2. The normalized spacial score (nSPS) is 15.5. The van der Waals surface area contributed by atoms with Crippen LogP contribution in [0.5, 0.6) is 0 Å².